The van der Waals surface area contributed by atoms with Gasteiger partial charge >= 0.3 is 0 Å². The Morgan fingerprint density at radius 3 is 2.57 bits per heavy atom. The van der Waals surface area contributed by atoms with Gasteiger partial charge in [-0.1, -0.05) is 41.7 Å². The molecule has 1 amide bonds. The van der Waals surface area contributed by atoms with Crippen LogP contribution in [0.1, 0.15) is 10.4 Å². The highest BCUT2D eigenvalue weighted by atomic mass is 32.1. The number of rotatable bonds is 5. The van der Waals surface area contributed by atoms with E-state index in [9.17, 15) is 14.9 Å². The molecule has 0 unspecified atom stereocenters. The van der Waals surface area contributed by atoms with E-state index in [1.807, 2.05) is 18.2 Å². The number of carbonyl (C=O) groups excluding carboxylic acids is 1. The van der Waals surface area contributed by atoms with Gasteiger partial charge in [-0.15, -0.1) is 0 Å². The third-order valence-corrected chi connectivity index (χ3v) is 4.84. The zero-order valence-electron chi connectivity index (χ0n) is 14.4. The Balaban J connectivity index is 1.59. The number of carbonyl (C=O) groups is 1. The lowest BCUT2D eigenvalue weighted by Crippen LogP contribution is -2.12. The third-order valence-electron chi connectivity index (χ3n) is 3.91. The fourth-order valence-electron chi connectivity index (χ4n) is 2.60. The van der Waals surface area contributed by atoms with E-state index >= 15 is 0 Å². The number of amides is 1. The van der Waals surface area contributed by atoms with E-state index < -0.39 is 4.92 Å². The van der Waals surface area contributed by atoms with Crippen LogP contribution in [0, 0.1) is 10.1 Å². The van der Waals surface area contributed by atoms with E-state index in [0.29, 0.717) is 32.4 Å². The summed E-state index contributed by atoms with van der Waals surface area (Å²) in [5.41, 5.74) is 0.923. The van der Waals surface area contributed by atoms with E-state index in [-0.39, 0.29) is 11.6 Å². The molecule has 1 N–H and O–H groups in total. The molecule has 0 fully saturated rings. The highest BCUT2D eigenvalue weighted by molar-refractivity contribution is 7.22. The third kappa shape index (κ3) is 3.67. The molecule has 1 aromatic heterocycles. The van der Waals surface area contributed by atoms with Crippen molar-refractivity contribution in [2.24, 2.45) is 0 Å². The van der Waals surface area contributed by atoms with Gasteiger partial charge in [-0.05, 0) is 30.3 Å². The van der Waals surface area contributed by atoms with Gasteiger partial charge < -0.3 is 4.74 Å². The van der Waals surface area contributed by atoms with Gasteiger partial charge in [0.25, 0.3) is 11.6 Å². The highest BCUT2D eigenvalue weighted by Gasteiger charge is 2.16. The van der Waals surface area contributed by atoms with Crippen molar-refractivity contribution in [2.45, 2.75) is 0 Å². The van der Waals surface area contributed by atoms with Crippen molar-refractivity contribution in [1.82, 2.24) is 4.98 Å². The molecular formula is C20H13N3O4S. The second-order valence-corrected chi connectivity index (χ2v) is 6.82. The SMILES string of the molecule is O=C(Nc1nc2ccc([N+](=O)[O-])cc2s1)c1ccccc1Oc1ccccc1. The van der Waals surface area contributed by atoms with Crippen LogP contribution in [0.4, 0.5) is 10.8 Å². The maximum Gasteiger partial charge on any atom is 0.270 e. The van der Waals surface area contributed by atoms with Crippen LogP contribution in [0.2, 0.25) is 0 Å². The minimum Gasteiger partial charge on any atom is -0.457 e. The number of para-hydroxylation sites is 2. The maximum absolute atomic E-state index is 12.7. The Labute approximate surface area is 163 Å². The number of non-ortho nitro benzene ring substituents is 1. The van der Waals surface area contributed by atoms with Gasteiger partial charge in [0.2, 0.25) is 0 Å². The molecule has 28 heavy (non-hydrogen) atoms. The normalized spacial score (nSPS) is 10.6. The molecule has 7 nitrogen and oxygen atoms in total. The van der Waals surface area contributed by atoms with Crippen molar-refractivity contribution < 1.29 is 14.5 Å². The van der Waals surface area contributed by atoms with E-state index in [1.54, 1.807) is 42.5 Å². The zero-order valence-corrected chi connectivity index (χ0v) is 15.2. The van der Waals surface area contributed by atoms with Crippen molar-refractivity contribution >= 4 is 38.3 Å². The molecule has 0 aliphatic rings. The minimum atomic E-state index is -0.464. The van der Waals surface area contributed by atoms with Gasteiger partial charge in [-0.2, -0.15) is 0 Å². The molecule has 0 bridgehead atoms. The van der Waals surface area contributed by atoms with Gasteiger partial charge in [-0.3, -0.25) is 20.2 Å². The minimum absolute atomic E-state index is 0.0179. The summed E-state index contributed by atoms with van der Waals surface area (Å²) < 4.78 is 6.44. The average Bonchev–Trinajstić information content (AvgIpc) is 3.10. The van der Waals surface area contributed by atoms with E-state index in [1.165, 1.54) is 23.5 Å². The number of ether oxygens (including phenoxy) is 1. The molecule has 0 atom stereocenters. The fraction of sp³-hybridized carbons (Fsp3) is 0. The maximum atomic E-state index is 12.7. The van der Waals surface area contributed by atoms with Crippen molar-refractivity contribution in [2.75, 3.05) is 5.32 Å². The molecule has 0 saturated carbocycles. The molecule has 3 aromatic carbocycles. The highest BCUT2D eigenvalue weighted by Crippen LogP contribution is 2.30. The molecule has 0 aliphatic heterocycles. The number of hydrogen-bond donors (Lipinski definition) is 1. The molecule has 0 aliphatic carbocycles. The quantitative estimate of drug-likeness (QED) is 0.370. The first-order valence-corrected chi connectivity index (χ1v) is 9.10. The van der Waals surface area contributed by atoms with E-state index in [0.717, 1.165) is 0 Å². The molecule has 0 saturated heterocycles. The van der Waals surface area contributed by atoms with Crippen LogP contribution in [-0.2, 0) is 0 Å². The van der Waals surface area contributed by atoms with Crippen molar-refractivity contribution in [3.05, 3.63) is 88.5 Å². The van der Waals surface area contributed by atoms with Crippen LogP contribution in [0.3, 0.4) is 0 Å². The van der Waals surface area contributed by atoms with Crippen LogP contribution in [0.15, 0.2) is 72.8 Å². The van der Waals surface area contributed by atoms with Crippen LogP contribution >= 0.6 is 11.3 Å². The number of nitrogens with zero attached hydrogens (tertiary/aromatic N) is 2. The summed E-state index contributed by atoms with van der Waals surface area (Å²) in [5.74, 6) is 0.665. The lowest BCUT2D eigenvalue weighted by atomic mass is 10.2. The number of nitro benzene ring substituents is 1. The number of anilines is 1. The number of thiazole rings is 1. The number of nitrogens with one attached hydrogen (secondary N) is 1. The first-order chi connectivity index (χ1) is 13.6. The summed E-state index contributed by atoms with van der Waals surface area (Å²) in [7, 11) is 0. The number of aromatic nitrogens is 1. The van der Waals surface area contributed by atoms with Crippen LogP contribution < -0.4 is 10.1 Å². The number of hydrogen-bond acceptors (Lipinski definition) is 6. The summed E-state index contributed by atoms with van der Waals surface area (Å²) in [5, 5.41) is 14.0. The molecule has 0 spiro atoms. The second kappa shape index (κ2) is 7.45. The fourth-order valence-corrected chi connectivity index (χ4v) is 3.50. The lowest BCUT2D eigenvalue weighted by Gasteiger charge is -2.10. The topological polar surface area (TPSA) is 94.4 Å². The second-order valence-electron chi connectivity index (χ2n) is 5.79. The molecular weight excluding hydrogens is 378 g/mol. The standard InChI is InChI=1S/C20H13N3O4S/c24-19(15-8-4-5-9-17(15)27-14-6-2-1-3-7-14)22-20-21-16-11-10-13(23(25)26)12-18(16)28-20/h1-12H,(H,21,22,24). The zero-order chi connectivity index (χ0) is 19.5. The Morgan fingerprint density at radius 1 is 1.04 bits per heavy atom. The molecule has 138 valence electrons. The number of benzene rings is 3. The monoisotopic (exact) mass is 391 g/mol. The van der Waals surface area contributed by atoms with Gasteiger partial charge in [0, 0.05) is 12.1 Å². The molecule has 4 rings (SSSR count). The average molecular weight is 391 g/mol. The summed E-state index contributed by atoms with van der Waals surface area (Å²) in [6.45, 7) is 0. The molecule has 0 radical (unpaired) electrons. The first-order valence-electron chi connectivity index (χ1n) is 8.28. The van der Waals surface area contributed by atoms with Crippen molar-refractivity contribution in [3.63, 3.8) is 0 Å². The first kappa shape index (κ1) is 17.6. The van der Waals surface area contributed by atoms with Crippen LogP contribution in [-0.4, -0.2) is 15.8 Å². The number of fused-ring (bicyclic) bond motifs is 1. The van der Waals surface area contributed by atoms with Crippen molar-refractivity contribution in [1.29, 1.82) is 0 Å². The Morgan fingerprint density at radius 2 is 1.79 bits per heavy atom. The lowest BCUT2D eigenvalue weighted by molar-refractivity contribution is -0.384. The molecule has 1 heterocycles. The summed E-state index contributed by atoms with van der Waals surface area (Å²) in [4.78, 5) is 27.5. The van der Waals surface area contributed by atoms with Gasteiger partial charge in [0.1, 0.15) is 11.5 Å². The van der Waals surface area contributed by atoms with Gasteiger partial charge in [0.15, 0.2) is 5.13 Å². The largest absolute Gasteiger partial charge is 0.457 e. The summed E-state index contributed by atoms with van der Waals surface area (Å²) in [6.07, 6.45) is 0. The molecule has 4 aromatic rings. The van der Waals surface area contributed by atoms with Gasteiger partial charge in [-0.25, -0.2) is 4.98 Å². The van der Waals surface area contributed by atoms with Crippen LogP contribution in [0.25, 0.3) is 10.2 Å². The van der Waals surface area contributed by atoms with Crippen LogP contribution in [0.5, 0.6) is 11.5 Å². The smallest absolute Gasteiger partial charge is 0.270 e. The summed E-state index contributed by atoms with van der Waals surface area (Å²) >= 11 is 1.17. The van der Waals surface area contributed by atoms with E-state index in [2.05, 4.69) is 10.3 Å². The number of nitro groups is 1. The Hall–Kier alpha value is -3.78. The van der Waals surface area contributed by atoms with Crippen molar-refractivity contribution in [3.8, 4) is 11.5 Å². The predicted octanol–water partition coefficient (Wildman–Crippen LogP) is 5.25. The molecule has 8 heteroatoms. The van der Waals surface area contributed by atoms with E-state index in [4.69, 9.17) is 4.74 Å². The predicted molar refractivity (Wildman–Crippen MR) is 107 cm³/mol. The van der Waals surface area contributed by atoms with Gasteiger partial charge in [0.05, 0.1) is 20.7 Å². The Bertz CT molecular complexity index is 1170. The summed E-state index contributed by atoms with van der Waals surface area (Å²) in [6, 6.07) is 20.5. The Kier molecular flexibility index (Phi) is 4.69.